The van der Waals surface area contributed by atoms with Crippen molar-refractivity contribution >= 4 is 23.6 Å². The van der Waals surface area contributed by atoms with Gasteiger partial charge in [-0.25, -0.2) is 19.9 Å². The van der Waals surface area contributed by atoms with E-state index < -0.39 is 18.3 Å². The molecule has 0 radical (unpaired) electrons. The van der Waals surface area contributed by atoms with E-state index in [1.54, 1.807) is 17.9 Å². The van der Waals surface area contributed by atoms with Crippen LogP contribution in [0.15, 0.2) is 47.3 Å². The molecule has 2 fully saturated rings. The quantitative estimate of drug-likeness (QED) is 0.495. The smallest absolute Gasteiger partial charge is 0.423 e. The fourth-order valence-electron chi connectivity index (χ4n) is 4.41. The zero-order chi connectivity index (χ0) is 26.0. The Morgan fingerprint density at radius 2 is 1.86 bits per heavy atom. The van der Waals surface area contributed by atoms with E-state index in [1.165, 1.54) is 36.8 Å². The van der Waals surface area contributed by atoms with Gasteiger partial charge in [0.15, 0.2) is 5.76 Å². The predicted molar refractivity (Wildman–Crippen MR) is 128 cm³/mol. The van der Waals surface area contributed by atoms with Crippen molar-refractivity contribution in [1.29, 1.82) is 0 Å². The summed E-state index contributed by atoms with van der Waals surface area (Å²) in [6.45, 7) is 5.58. The Morgan fingerprint density at radius 1 is 1.11 bits per heavy atom. The van der Waals surface area contributed by atoms with Crippen molar-refractivity contribution in [1.82, 2.24) is 25.2 Å². The van der Waals surface area contributed by atoms with Crippen molar-refractivity contribution in [2.75, 3.05) is 49.2 Å². The molecule has 1 aromatic carbocycles. The van der Waals surface area contributed by atoms with Crippen molar-refractivity contribution in [2.24, 2.45) is 0 Å². The van der Waals surface area contributed by atoms with E-state index in [1.807, 2.05) is 0 Å². The molecule has 196 valence electrons. The number of alkyl halides is 3. The molecule has 0 spiro atoms. The monoisotopic (exact) mass is 517 g/mol. The maximum absolute atomic E-state index is 14.3. The number of benzene rings is 1. The van der Waals surface area contributed by atoms with Gasteiger partial charge >= 0.3 is 6.30 Å². The van der Waals surface area contributed by atoms with Crippen molar-refractivity contribution in [3.05, 3.63) is 48.4 Å². The van der Waals surface area contributed by atoms with Crippen molar-refractivity contribution < 1.29 is 27.1 Å². The number of anilines is 3. The minimum atomic E-state index is -4.78. The van der Waals surface area contributed by atoms with Crippen LogP contribution < -0.4 is 15.1 Å². The normalized spacial score (nSPS) is 19.1. The number of aromatic nitrogens is 3. The first kappa shape index (κ1) is 25.0. The first-order chi connectivity index (χ1) is 17.8. The second kappa shape index (κ2) is 10.3. The summed E-state index contributed by atoms with van der Waals surface area (Å²) in [6, 6.07) is 5.85. The van der Waals surface area contributed by atoms with Crippen LogP contribution in [0.4, 0.5) is 30.8 Å². The number of oxazole rings is 1. The number of rotatable bonds is 6. The van der Waals surface area contributed by atoms with Crippen LogP contribution in [0, 0.1) is 0 Å². The highest BCUT2D eigenvalue weighted by Gasteiger charge is 2.41. The van der Waals surface area contributed by atoms with E-state index in [0.717, 1.165) is 0 Å². The van der Waals surface area contributed by atoms with Crippen molar-refractivity contribution in [3.63, 3.8) is 0 Å². The Balaban J connectivity index is 1.55. The van der Waals surface area contributed by atoms with Gasteiger partial charge < -0.3 is 19.4 Å². The van der Waals surface area contributed by atoms with Gasteiger partial charge in [-0.15, -0.1) is 13.2 Å². The van der Waals surface area contributed by atoms with Crippen LogP contribution in [0.25, 0.3) is 11.3 Å². The number of morpholine rings is 1. The van der Waals surface area contributed by atoms with E-state index >= 15 is 0 Å². The molecule has 5 rings (SSSR count). The Bertz CT molecular complexity index is 1230. The number of hydrogen-bond acceptors (Lipinski definition) is 9. The number of ether oxygens (including phenoxy) is 1. The summed E-state index contributed by atoms with van der Waals surface area (Å²) >= 11 is 0. The number of carbonyl (C=O) groups excluding carboxylic acids is 1. The molecule has 0 bridgehead atoms. The fourth-order valence-corrected chi connectivity index (χ4v) is 4.41. The summed E-state index contributed by atoms with van der Waals surface area (Å²) in [4.78, 5) is 28.1. The van der Waals surface area contributed by atoms with Gasteiger partial charge in [0, 0.05) is 50.7 Å². The topological polar surface area (TPSA) is 99.9 Å². The summed E-state index contributed by atoms with van der Waals surface area (Å²) in [6.07, 6.45) is -0.793. The molecule has 2 saturated heterocycles. The SMILES string of the molecule is CC1C(=O)NCCN1c1ncc(-c2cc(CN3CCOCC3)cc(N(c3ncccn3)C(F)(F)F)c2)o1. The highest BCUT2D eigenvalue weighted by Crippen LogP contribution is 2.38. The first-order valence-corrected chi connectivity index (χ1v) is 11.9. The predicted octanol–water partition coefficient (Wildman–Crippen LogP) is 2.95. The van der Waals surface area contributed by atoms with Crippen LogP contribution in [0.1, 0.15) is 12.5 Å². The van der Waals surface area contributed by atoms with E-state index in [9.17, 15) is 18.0 Å². The average Bonchev–Trinajstić information content (AvgIpc) is 3.36. The molecule has 0 aliphatic carbocycles. The molecule has 2 aliphatic rings. The Morgan fingerprint density at radius 3 is 2.59 bits per heavy atom. The average molecular weight is 518 g/mol. The lowest BCUT2D eigenvalue weighted by Gasteiger charge is -2.31. The zero-order valence-corrected chi connectivity index (χ0v) is 20.1. The lowest BCUT2D eigenvalue weighted by molar-refractivity contribution is -0.123. The lowest BCUT2D eigenvalue weighted by atomic mass is 10.1. The molecule has 13 heteroatoms. The molecule has 1 N–H and O–H groups in total. The molecule has 0 saturated carbocycles. The van der Waals surface area contributed by atoms with Crippen LogP contribution in [-0.2, 0) is 16.1 Å². The van der Waals surface area contributed by atoms with Crippen LogP contribution in [0.2, 0.25) is 0 Å². The third kappa shape index (κ3) is 5.52. The van der Waals surface area contributed by atoms with Gasteiger partial charge in [0.05, 0.1) is 25.1 Å². The van der Waals surface area contributed by atoms with Gasteiger partial charge in [-0.2, -0.15) is 0 Å². The molecule has 1 atom stereocenters. The number of amides is 1. The lowest BCUT2D eigenvalue weighted by Crippen LogP contribution is -2.54. The summed E-state index contributed by atoms with van der Waals surface area (Å²) in [7, 11) is 0. The molecule has 10 nitrogen and oxygen atoms in total. The van der Waals surface area contributed by atoms with Crippen LogP contribution in [-0.4, -0.2) is 77.5 Å². The van der Waals surface area contributed by atoms with Gasteiger partial charge in [0.25, 0.3) is 6.01 Å². The molecule has 2 aromatic heterocycles. The second-order valence-electron chi connectivity index (χ2n) is 8.80. The van der Waals surface area contributed by atoms with Gasteiger partial charge in [-0.3, -0.25) is 9.69 Å². The summed E-state index contributed by atoms with van der Waals surface area (Å²) < 4.78 is 54.2. The molecule has 1 unspecified atom stereocenters. The third-order valence-electron chi connectivity index (χ3n) is 6.27. The number of nitrogens with zero attached hydrogens (tertiary/aromatic N) is 6. The Kier molecular flexibility index (Phi) is 6.98. The first-order valence-electron chi connectivity index (χ1n) is 11.9. The van der Waals surface area contributed by atoms with Crippen LogP contribution in [0.3, 0.4) is 0 Å². The molecular weight excluding hydrogens is 491 g/mol. The number of nitrogens with one attached hydrogen (secondary N) is 1. The summed E-state index contributed by atoms with van der Waals surface area (Å²) in [5.74, 6) is -0.352. The van der Waals surface area contributed by atoms with E-state index in [2.05, 4.69) is 25.2 Å². The van der Waals surface area contributed by atoms with Gasteiger partial charge in [0.2, 0.25) is 11.9 Å². The number of halogens is 3. The second-order valence-corrected chi connectivity index (χ2v) is 8.80. The fraction of sp³-hybridized carbons (Fsp3) is 0.417. The molecule has 1 amide bonds. The number of piperazine rings is 1. The van der Waals surface area contributed by atoms with Crippen LogP contribution >= 0.6 is 0 Å². The molecule has 37 heavy (non-hydrogen) atoms. The summed E-state index contributed by atoms with van der Waals surface area (Å²) in [5, 5.41) is 2.78. The van der Waals surface area contributed by atoms with Crippen molar-refractivity contribution in [2.45, 2.75) is 25.8 Å². The Hall–Kier alpha value is -3.71. The zero-order valence-electron chi connectivity index (χ0n) is 20.1. The number of carbonyl (C=O) groups is 1. The molecule has 4 heterocycles. The highest BCUT2D eigenvalue weighted by atomic mass is 19.4. The Labute approximate surface area is 211 Å². The van der Waals surface area contributed by atoms with Crippen molar-refractivity contribution in [3.8, 4) is 11.3 Å². The number of hydrogen-bond donors (Lipinski definition) is 1. The summed E-state index contributed by atoms with van der Waals surface area (Å²) in [5.41, 5.74) is 0.921. The van der Waals surface area contributed by atoms with E-state index in [4.69, 9.17) is 9.15 Å². The largest absolute Gasteiger partial charge is 0.491 e. The van der Waals surface area contributed by atoms with E-state index in [-0.39, 0.29) is 28.3 Å². The standard InChI is InChI=1S/C24H26F3N7O3/c1-16-21(35)28-5-6-33(16)23-31-14-20(37-23)18-11-17(15-32-7-9-36-10-8-32)12-19(13-18)34(24(25,26)27)22-29-3-2-4-30-22/h2-4,11-14,16H,5-10,15H2,1H3,(H,28,35). The maximum atomic E-state index is 14.3. The van der Waals surface area contributed by atoms with Gasteiger partial charge in [-0.05, 0) is 36.8 Å². The molecule has 2 aliphatic heterocycles. The van der Waals surface area contributed by atoms with E-state index in [0.29, 0.717) is 57.1 Å². The minimum Gasteiger partial charge on any atom is -0.423 e. The minimum absolute atomic E-state index is 0.146. The van der Waals surface area contributed by atoms with Crippen LogP contribution in [0.5, 0.6) is 0 Å². The molecular formula is C24H26F3N7O3. The van der Waals surface area contributed by atoms with Gasteiger partial charge in [-0.1, -0.05) is 0 Å². The van der Waals surface area contributed by atoms with Gasteiger partial charge in [0.1, 0.15) is 6.04 Å². The highest BCUT2D eigenvalue weighted by molar-refractivity contribution is 5.85. The molecule has 3 aromatic rings. The third-order valence-corrected chi connectivity index (χ3v) is 6.27. The maximum Gasteiger partial charge on any atom is 0.491 e.